The first kappa shape index (κ1) is 20.6. The zero-order chi connectivity index (χ0) is 20.4. The molecule has 1 atom stereocenters. The van der Waals surface area contributed by atoms with E-state index < -0.39 is 12.0 Å². The number of ether oxygens (including phenoxy) is 1. The first-order chi connectivity index (χ1) is 13.3. The molecule has 0 radical (unpaired) electrons. The second kappa shape index (κ2) is 8.50. The molecule has 0 aliphatic heterocycles. The molecule has 1 heterocycles. The quantitative estimate of drug-likeness (QED) is 0.569. The Morgan fingerprint density at radius 1 is 1.11 bits per heavy atom. The minimum atomic E-state index is -0.534. The third-order valence-corrected chi connectivity index (χ3v) is 6.31. The van der Waals surface area contributed by atoms with Crippen molar-refractivity contribution in [3.05, 3.63) is 22.5 Å². The molecule has 3 rings (SSSR count). The van der Waals surface area contributed by atoms with Gasteiger partial charge in [0.15, 0.2) is 5.78 Å². The van der Waals surface area contributed by atoms with E-state index in [0.717, 1.165) is 25.7 Å². The fourth-order valence-electron chi connectivity index (χ4n) is 4.43. The van der Waals surface area contributed by atoms with Crippen molar-refractivity contribution in [2.75, 3.05) is 13.7 Å². The molecule has 0 bridgehead atoms. The lowest BCUT2D eigenvalue weighted by molar-refractivity contribution is -0.134. The topological polar surface area (TPSA) is 79.5 Å². The Hall–Kier alpha value is -2.11. The number of nitrogens with zero attached hydrogens (tertiary/aromatic N) is 1. The number of amides is 1. The van der Waals surface area contributed by atoms with Gasteiger partial charge in [-0.25, -0.2) is 4.79 Å². The molecule has 1 aromatic heterocycles. The lowest BCUT2D eigenvalue weighted by Gasteiger charge is -2.34. The summed E-state index contributed by atoms with van der Waals surface area (Å²) in [7, 11) is 1.32. The van der Waals surface area contributed by atoms with Gasteiger partial charge in [0.1, 0.15) is 5.69 Å². The Labute approximate surface area is 167 Å². The van der Waals surface area contributed by atoms with Gasteiger partial charge < -0.3 is 14.6 Å². The highest BCUT2D eigenvalue weighted by atomic mass is 16.5. The number of hydrogen-bond acceptors (Lipinski definition) is 4. The van der Waals surface area contributed by atoms with Crippen LogP contribution >= 0.6 is 0 Å². The van der Waals surface area contributed by atoms with Crippen LogP contribution in [-0.2, 0) is 9.53 Å². The van der Waals surface area contributed by atoms with Crippen LogP contribution in [0, 0.1) is 25.7 Å². The number of Topliss-reactive ketones (excluding diaryl/α,β-unsaturated/α-hetero) is 1. The second-order valence-electron chi connectivity index (χ2n) is 8.43. The summed E-state index contributed by atoms with van der Waals surface area (Å²) in [6, 6.07) is -0.534. The lowest BCUT2D eigenvalue weighted by atomic mass is 9.88. The number of carbonyl (C=O) groups is 3. The highest BCUT2D eigenvalue weighted by Gasteiger charge is 2.39. The number of aromatic amines is 1. The first-order valence-electron chi connectivity index (χ1n) is 10.5. The molecule has 1 amide bonds. The van der Waals surface area contributed by atoms with Crippen LogP contribution in [0.2, 0.25) is 0 Å². The van der Waals surface area contributed by atoms with E-state index >= 15 is 0 Å². The zero-order valence-corrected chi connectivity index (χ0v) is 17.5. The van der Waals surface area contributed by atoms with Crippen LogP contribution in [-0.4, -0.2) is 47.2 Å². The Morgan fingerprint density at radius 2 is 1.75 bits per heavy atom. The molecule has 1 unspecified atom stereocenters. The van der Waals surface area contributed by atoms with Crippen molar-refractivity contribution >= 4 is 17.7 Å². The molecule has 154 valence electrons. The van der Waals surface area contributed by atoms with Crippen LogP contribution in [0.5, 0.6) is 0 Å². The van der Waals surface area contributed by atoms with Crippen molar-refractivity contribution in [3.8, 4) is 0 Å². The number of carbonyl (C=O) groups excluding carboxylic acids is 3. The van der Waals surface area contributed by atoms with Gasteiger partial charge in [-0.3, -0.25) is 9.59 Å². The second-order valence-corrected chi connectivity index (χ2v) is 8.43. The molecule has 6 nitrogen and oxygen atoms in total. The largest absolute Gasteiger partial charge is 0.464 e. The van der Waals surface area contributed by atoms with E-state index in [9.17, 15) is 14.4 Å². The highest BCUT2D eigenvalue weighted by Crippen LogP contribution is 2.34. The first-order valence-corrected chi connectivity index (χ1v) is 10.5. The molecular formula is C22H32N2O4. The third-order valence-electron chi connectivity index (χ3n) is 6.31. The van der Waals surface area contributed by atoms with Crippen molar-refractivity contribution < 1.29 is 19.1 Å². The molecule has 2 saturated carbocycles. The van der Waals surface area contributed by atoms with Gasteiger partial charge >= 0.3 is 5.97 Å². The lowest BCUT2D eigenvalue weighted by Crippen LogP contribution is -2.47. The van der Waals surface area contributed by atoms with Crippen LogP contribution in [0.15, 0.2) is 0 Å². The minimum absolute atomic E-state index is 0.0814. The summed E-state index contributed by atoms with van der Waals surface area (Å²) in [5.74, 6) is 0.0840. The van der Waals surface area contributed by atoms with Crippen molar-refractivity contribution in [1.29, 1.82) is 0 Å². The Balaban J connectivity index is 1.84. The van der Waals surface area contributed by atoms with Crippen LogP contribution in [0.25, 0.3) is 0 Å². The van der Waals surface area contributed by atoms with Gasteiger partial charge in [0, 0.05) is 23.7 Å². The smallest absolute Gasteiger partial charge is 0.354 e. The monoisotopic (exact) mass is 388 g/mol. The summed E-state index contributed by atoms with van der Waals surface area (Å²) >= 11 is 0. The van der Waals surface area contributed by atoms with Crippen molar-refractivity contribution in [2.45, 2.75) is 71.8 Å². The normalized spacial score (nSPS) is 18.6. The van der Waals surface area contributed by atoms with E-state index in [1.54, 1.807) is 13.8 Å². The molecule has 0 saturated heterocycles. The molecule has 1 N–H and O–H groups in total. The third kappa shape index (κ3) is 4.15. The summed E-state index contributed by atoms with van der Waals surface area (Å²) in [5, 5.41) is 0. The molecular weight excluding hydrogens is 356 g/mol. The van der Waals surface area contributed by atoms with Gasteiger partial charge in [-0.15, -0.1) is 0 Å². The summed E-state index contributed by atoms with van der Waals surface area (Å²) in [6.45, 7) is 6.03. The predicted octanol–water partition coefficient (Wildman–Crippen LogP) is 3.81. The van der Waals surface area contributed by atoms with Crippen LogP contribution in [0.4, 0.5) is 0 Å². The Bertz CT molecular complexity index is 757. The molecule has 0 aromatic carbocycles. The van der Waals surface area contributed by atoms with Gasteiger partial charge in [-0.2, -0.15) is 0 Å². The molecule has 1 aromatic rings. The Morgan fingerprint density at radius 3 is 2.32 bits per heavy atom. The number of rotatable bonds is 7. The van der Waals surface area contributed by atoms with Gasteiger partial charge in [0.05, 0.1) is 13.2 Å². The summed E-state index contributed by atoms with van der Waals surface area (Å²) in [6.07, 6.45) is 7.78. The van der Waals surface area contributed by atoms with E-state index in [-0.39, 0.29) is 17.6 Å². The van der Waals surface area contributed by atoms with E-state index in [1.165, 1.54) is 26.4 Å². The number of nitrogens with one attached hydrogen (secondary N) is 1. The van der Waals surface area contributed by atoms with E-state index in [1.807, 2.05) is 11.8 Å². The van der Waals surface area contributed by atoms with Gasteiger partial charge in [0.25, 0.3) is 0 Å². The predicted molar refractivity (Wildman–Crippen MR) is 106 cm³/mol. The molecule has 0 spiro atoms. The van der Waals surface area contributed by atoms with Gasteiger partial charge in [0.2, 0.25) is 5.91 Å². The van der Waals surface area contributed by atoms with Crippen LogP contribution < -0.4 is 0 Å². The summed E-state index contributed by atoms with van der Waals surface area (Å²) < 4.78 is 4.81. The fraction of sp³-hybridized carbons (Fsp3) is 0.682. The van der Waals surface area contributed by atoms with Gasteiger partial charge in [-0.1, -0.05) is 19.3 Å². The van der Waals surface area contributed by atoms with Crippen molar-refractivity contribution in [3.63, 3.8) is 0 Å². The fourth-order valence-corrected chi connectivity index (χ4v) is 4.43. The van der Waals surface area contributed by atoms with Crippen molar-refractivity contribution in [2.24, 2.45) is 11.8 Å². The number of aryl methyl sites for hydroxylation is 1. The number of methoxy groups -OCH3 is 1. The van der Waals surface area contributed by atoms with E-state index in [0.29, 0.717) is 35.0 Å². The van der Waals surface area contributed by atoms with Crippen molar-refractivity contribution in [1.82, 2.24) is 9.88 Å². The number of aromatic nitrogens is 1. The zero-order valence-electron chi connectivity index (χ0n) is 17.5. The molecule has 2 fully saturated rings. The molecule has 28 heavy (non-hydrogen) atoms. The number of esters is 1. The van der Waals surface area contributed by atoms with Crippen LogP contribution in [0.1, 0.15) is 84.0 Å². The Kier molecular flexibility index (Phi) is 6.26. The average Bonchev–Trinajstić information content (AvgIpc) is 3.50. The standard InChI is InChI=1S/C22H32N2O4/c1-13-18(14(2)23-19(13)22(27)28-4)20(25)15(3)24(21(26)17-10-11-17)12-16-8-6-5-7-9-16/h15-17,23H,5-12H2,1-4H3. The molecule has 2 aliphatic carbocycles. The maximum atomic E-state index is 13.4. The average molecular weight is 389 g/mol. The summed E-state index contributed by atoms with van der Waals surface area (Å²) in [5.41, 5.74) is 2.05. The molecule has 2 aliphatic rings. The van der Waals surface area contributed by atoms with E-state index in [4.69, 9.17) is 4.74 Å². The van der Waals surface area contributed by atoms with E-state index in [2.05, 4.69) is 4.98 Å². The molecule has 6 heteroatoms. The highest BCUT2D eigenvalue weighted by molar-refractivity contribution is 6.06. The number of H-pyrrole nitrogens is 1. The SMILES string of the molecule is COC(=O)c1[nH]c(C)c(C(=O)C(C)N(CC2CCCCC2)C(=O)C2CC2)c1C. The summed E-state index contributed by atoms with van der Waals surface area (Å²) in [4.78, 5) is 43.1. The number of ketones is 1. The minimum Gasteiger partial charge on any atom is -0.464 e. The van der Waals surface area contributed by atoms with Gasteiger partial charge in [-0.05, 0) is 57.9 Å². The number of hydrogen-bond donors (Lipinski definition) is 1. The maximum Gasteiger partial charge on any atom is 0.354 e. The maximum absolute atomic E-state index is 13.4. The van der Waals surface area contributed by atoms with Crippen LogP contribution in [0.3, 0.4) is 0 Å².